The molecule has 0 fully saturated rings. The molecular formula is C30H31NO2. The van der Waals surface area contributed by atoms with E-state index in [1.807, 2.05) is 66.7 Å². The molecule has 0 saturated carbocycles. The minimum atomic E-state index is -0.611. The third-order valence-electron chi connectivity index (χ3n) is 5.96. The maximum absolute atomic E-state index is 11.2. The molecule has 4 aromatic rings. The molecule has 0 saturated heterocycles. The molecule has 0 aliphatic heterocycles. The first-order valence-electron chi connectivity index (χ1n) is 11.5. The molecule has 0 heterocycles. The molecule has 3 nitrogen and oxygen atoms in total. The fourth-order valence-corrected chi connectivity index (χ4v) is 3.96. The Hall–Kier alpha value is -3.40. The quantitative estimate of drug-likeness (QED) is 0.312. The molecule has 3 heteroatoms. The lowest BCUT2D eigenvalue weighted by atomic mass is 10.0. The van der Waals surface area contributed by atoms with Crippen molar-refractivity contribution in [2.75, 3.05) is 0 Å². The molecule has 0 spiro atoms. The van der Waals surface area contributed by atoms with E-state index in [1.165, 1.54) is 11.1 Å². The van der Waals surface area contributed by atoms with E-state index in [9.17, 15) is 5.11 Å². The average molecular weight is 438 g/mol. The molecule has 0 aromatic heterocycles. The second kappa shape index (κ2) is 11.5. The van der Waals surface area contributed by atoms with Crippen LogP contribution in [-0.2, 0) is 19.7 Å². The zero-order valence-corrected chi connectivity index (χ0v) is 19.0. The van der Waals surface area contributed by atoms with Crippen molar-refractivity contribution in [3.8, 4) is 5.75 Å². The topological polar surface area (TPSA) is 32.7 Å². The first kappa shape index (κ1) is 22.8. The highest BCUT2D eigenvalue weighted by atomic mass is 16.5. The Morgan fingerprint density at radius 2 is 1.09 bits per heavy atom. The van der Waals surface area contributed by atoms with E-state index in [0.717, 1.165) is 30.0 Å². The van der Waals surface area contributed by atoms with Crippen LogP contribution in [0, 0.1) is 0 Å². The summed E-state index contributed by atoms with van der Waals surface area (Å²) >= 11 is 0. The maximum atomic E-state index is 11.2. The number of aliphatic hydroxyl groups excluding tert-OH is 1. The van der Waals surface area contributed by atoms with Gasteiger partial charge in [-0.2, -0.15) is 0 Å². The van der Waals surface area contributed by atoms with Crippen LogP contribution >= 0.6 is 0 Å². The van der Waals surface area contributed by atoms with E-state index in [4.69, 9.17) is 4.74 Å². The van der Waals surface area contributed by atoms with Crippen LogP contribution in [0.25, 0.3) is 0 Å². The van der Waals surface area contributed by atoms with E-state index in [0.29, 0.717) is 6.61 Å². The third-order valence-corrected chi connectivity index (χ3v) is 5.96. The second-order valence-corrected chi connectivity index (χ2v) is 8.40. The van der Waals surface area contributed by atoms with Crippen molar-refractivity contribution >= 4 is 0 Å². The highest BCUT2D eigenvalue weighted by molar-refractivity contribution is 5.30. The lowest BCUT2D eigenvalue weighted by Gasteiger charge is -2.33. The molecule has 1 N–H and O–H groups in total. The van der Waals surface area contributed by atoms with Gasteiger partial charge in [-0.05, 0) is 41.3 Å². The van der Waals surface area contributed by atoms with Crippen LogP contribution in [0.1, 0.15) is 35.3 Å². The fraction of sp³-hybridized carbons (Fsp3) is 0.200. The molecule has 0 aliphatic rings. The van der Waals surface area contributed by atoms with Crippen molar-refractivity contribution < 1.29 is 9.84 Å². The van der Waals surface area contributed by atoms with Gasteiger partial charge in [0.2, 0.25) is 0 Å². The monoisotopic (exact) mass is 437 g/mol. The van der Waals surface area contributed by atoms with Crippen molar-refractivity contribution in [1.82, 2.24) is 4.90 Å². The minimum Gasteiger partial charge on any atom is -0.489 e. The van der Waals surface area contributed by atoms with Gasteiger partial charge in [-0.25, -0.2) is 0 Å². The molecule has 168 valence electrons. The Kier molecular flexibility index (Phi) is 7.91. The van der Waals surface area contributed by atoms with Crippen molar-refractivity contribution in [1.29, 1.82) is 0 Å². The zero-order valence-electron chi connectivity index (χ0n) is 19.0. The summed E-state index contributed by atoms with van der Waals surface area (Å²) in [7, 11) is 0. The van der Waals surface area contributed by atoms with Crippen molar-refractivity contribution in [3.05, 3.63) is 138 Å². The van der Waals surface area contributed by atoms with Crippen LogP contribution in [0.3, 0.4) is 0 Å². The summed E-state index contributed by atoms with van der Waals surface area (Å²) in [4.78, 5) is 2.33. The molecule has 0 radical (unpaired) electrons. The van der Waals surface area contributed by atoms with Gasteiger partial charge in [-0.1, -0.05) is 103 Å². The maximum Gasteiger partial charge on any atom is 0.119 e. The summed E-state index contributed by atoms with van der Waals surface area (Å²) in [5.74, 6) is 0.799. The lowest BCUT2D eigenvalue weighted by molar-refractivity contribution is 0.0484. The lowest BCUT2D eigenvalue weighted by Crippen LogP contribution is -2.36. The first-order valence-corrected chi connectivity index (χ1v) is 11.5. The second-order valence-electron chi connectivity index (χ2n) is 8.40. The molecule has 2 atom stereocenters. The number of hydrogen-bond acceptors (Lipinski definition) is 3. The Balaban J connectivity index is 1.44. The molecule has 33 heavy (non-hydrogen) atoms. The van der Waals surface area contributed by atoms with Gasteiger partial charge in [0.15, 0.2) is 0 Å². The van der Waals surface area contributed by atoms with Crippen molar-refractivity contribution in [2.45, 2.75) is 38.8 Å². The summed E-state index contributed by atoms with van der Waals surface area (Å²) in [6, 6.07) is 38.7. The van der Waals surface area contributed by atoms with Crippen molar-refractivity contribution in [3.63, 3.8) is 0 Å². The number of hydrogen-bond donors (Lipinski definition) is 1. The van der Waals surface area contributed by atoms with Gasteiger partial charge in [0, 0.05) is 19.1 Å². The Labute approximate surface area is 196 Å². The standard InChI is InChI=1S/C30H31NO2/c1-24(31(21-25-11-5-2-6-12-25)22-26-13-7-3-8-14-26)30(32)28-17-19-29(20-18-28)33-23-27-15-9-4-10-16-27/h2-20,24,30,32H,21-23H2,1H3. The number of aliphatic hydroxyl groups is 1. The van der Waals surface area contributed by atoms with Crippen molar-refractivity contribution in [2.24, 2.45) is 0 Å². The van der Waals surface area contributed by atoms with E-state index in [1.54, 1.807) is 0 Å². The summed E-state index contributed by atoms with van der Waals surface area (Å²) in [5, 5.41) is 11.2. The third kappa shape index (κ3) is 6.55. The van der Waals surface area contributed by atoms with Crippen LogP contribution in [-0.4, -0.2) is 16.0 Å². The number of benzene rings is 4. The van der Waals surface area contributed by atoms with Gasteiger partial charge in [-0.15, -0.1) is 0 Å². The first-order chi connectivity index (χ1) is 16.2. The van der Waals surface area contributed by atoms with Crippen LogP contribution in [0.4, 0.5) is 0 Å². The van der Waals surface area contributed by atoms with E-state index < -0.39 is 6.10 Å². The van der Waals surface area contributed by atoms with Gasteiger partial charge in [0.05, 0.1) is 6.10 Å². The SMILES string of the molecule is CC(C(O)c1ccc(OCc2ccccc2)cc1)N(Cc1ccccc1)Cc1ccccc1. The largest absolute Gasteiger partial charge is 0.489 e. The molecule has 0 bridgehead atoms. The highest BCUT2D eigenvalue weighted by Gasteiger charge is 2.23. The van der Waals surface area contributed by atoms with E-state index in [-0.39, 0.29) is 6.04 Å². The zero-order chi connectivity index (χ0) is 22.9. The molecule has 4 aromatic carbocycles. The Morgan fingerprint density at radius 3 is 1.58 bits per heavy atom. The number of ether oxygens (including phenoxy) is 1. The van der Waals surface area contributed by atoms with Gasteiger partial charge in [0.25, 0.3) is 0 Å². The van der Waals surface area contributed by atoms with Crippen LogP contribution < -0.4 is 4.74 Å². The molecular weight excluding hydrogens is 406 g/mol. The molecule has 0 amide bonds. The van der Waals surface area contributed by atoms with Gasteiger partial charge >= 0.3 is 0 Å². The summed E-state index contributed by atoms with van der Waals surface area (Å²) in [6.07, 6.45) is -0.611. The predicted molar refractivity (Wildman–Crippen MR) is 134 cm³/mol. The number of nitrogens with zero attached hydrogens (tertiary/aromatic N) is 1. The van der Waals surface area contributed by atoms with Crippen LogP contribution in [0.5, 0.6) is 5.75 Å². The van der Waals surface area contributed by atoms with Crippen LogP contribution in [0.15, 0.2) is 115 Å². The minimum absolute atomic E-state index is 0.0681. The predicted octanol–water partition coefficient (Wildman–Crippen LogP) is 6.39. The Morgan fingerprint density at radius 1 is 0.636 bits per heavy atom. The molecule has 0 aliphatic carbocycles. The molecule has 2 unspecified atom stereocenters. The summed E-state index contributed by atoms with van der Waals surface area (Å²) < 4.78 is 5.90. The normalized spacial score (nSPS) is 12.9. The van der Waals surface area contributed by atoms with E-state index in [2.05, 4.69) is 60.4 Å². The van der Waals surface area contributed by atoms with Gasteiger partial charge in [-0.3, -0.25) is 4.90 Å². The average Bonchev–Trinajstić information content (AvgIpc) is 2.88. The summed E-state index contributed by atoms with van der Waals surface area (Å²) in [6.45, 7) is 4.16. The smallest absolute Gasteiger partial charge is 0.119 e. The van der Waals surface area contributed by atoms with Crippen LogP contribution in [0.2, 0.25) is 0 Å². The van der Waals surface area contributed by atoms with Gasteiger partial charge in [0.1, 0.15) is 12.4 Å². The fourth-order valence-electron chi connectivity index (χ4n) is 3.96. The highest BCUT2D eigenvalue weighted by Crippen LogP contribution is 2.26. The molecule has 4 rings (SSSR count). The number of rotatable bonds is 10. The Bertz CT molecular complexity index is 1040. The van der Waals surface area contributed by atoms with Gasteiger partial charge < -0.3 is 9.84 Å². The van der Waals surface area contributed by atoms with E-state index >= 15 is 0 Å². The summed E-state index contributed by atoms with van der Waals surface area (Å²) in [5.41, 5.74) is 4.49.